The van der Waals surface area contributed by atoms with Crippen LogP contribution in [0.2, 0.25) is 0 Å². The van der Waals surface area contributed by atoms with E-state index in [0.717, 1.165) is 11.3 Å². The van der Waals surface area contributed by atoms with Crippen LogP contribution in [-0.2, 0) is 6.54 Å². The van der Waals surface area contributed by atoms with E-state index in [-0.39, 0.29) is 5.69 Å². The molecule has 84 valence electrons. The van der Waals surface area contributed by atoms with Gasteiger partial charge in [-0.15, -0.1) is 0 Å². The molecule has 3 heterocycles. The number of hydrogen-bond donors (Lipinski definition) is 1. The average molecular weight is 228 g/mol. The maximum absolute atomic E-state index is 10.9. The van der Waals surface area contributed by atoms with E-state index in [2.05, 4.69) is 15.0 Å². The number of aromatic carboxylic acids is 1. The number of nitrogens with zero attached hydrogens (tertiary/aromatic N) is 4. The highest BCUT2D eigenvalue weighted by atomic mass is 16.4. The highest BCUT2D eigenvalue weighted by Crippen LogP contribution is 2.18. The molecule has 0 fully saturated rings. The van der Waals surface area contributed by atoms with E-state index in [1.54, 1.807) is 23.2 Å². The Morgan fingerprint density at radius 2 is 2.35 bits per heavy atom. The first-order valence-corrected chi connectivity index (χ1v) is 5.01. The maximum Gasteiger partial charge on any atom is 0.356 e. The van der Waals surface area contributed by atoms with E-state index in [9.17, 15) is 4.79 Å². The number of hydrogen-bond acceptors (Lipinski definition) is 4. The number of imidazole rings is 1. The predicted molar refractivity (Wildman–Crippen MR) is 59.6 cm³/mol. The quantitative estimate of drug-likeness (QED) is 0.786. The summed E-state index contributed by atoms with van der Waals surface area (Å²) in [6.07, 6.45) is 6.58. The monoisotopic (exact) mass is 228 g/mol. The second kappa shape index (κ2) is 3.51. The van der Waals surface area contributed by atoms with Gasteiger partial charge in [0.1, 0.15) is 5.82 Å². The average Bonchev–Trinajstić information content (AvgIpc) is 2.67. The first-order valence-electron chi connectivity index (χ1n) is 5.01. The molecule has 6 nitrogen and oxygen atoms in total. The summed E-state index contributed by atoms with van der Waals surface area (Å²) >= 11 is 0. The summed E-state index contributed by atoms with van der Waals surface area (Å²) in [7, 11) is 0. The Morgan fingerprint density at radius 1 is 1.47 bits per heavy atom. The molecule has 0 spiro atoms. The molecule has 17 heavy (non-hydrogen) atoms. The van der Waals surface area contributed by atoms with Gasteiger partial charge in [0, 0.05) is 24.2 Å². The number of pyridine rings is 1. The van der Waals surface area contributed by atoms with Gasteiger partial charge < -0.3 is 5.11 Å². The summed E-state index contributed by atoms with van der Waals surface area (Å²) in [4.78, 5) is 23.1. The van der Waals surface area contributed by atoms with Crippen LogP contribution in [0, 0.1) is 0 Å². The van der Waals surface area contributed by atoms with E-state index in [1.165, 1.54) is 6.20 Å². The van der Waals surface area contributed by atoms with E-state index in [1.807, 2.05) is 6.07 Å². The van der Waals surface area contributed by atoms with Crippen molar-refractivity contribution in [1.82, 2.24) is 14.5 Å². The highest BCUT2D eigenvalue weighted by Gasteiger charge is 2.17. The van der Waals surface area contributed by atoms with Crippen molar-refractivity contribution in [2.45, 2.75) is 6.54 Å². The molecule has 0 aliphatic carbocycles. The van der Waals surface area contributed by atoms with Crippen LogP contribution >= 0.6 is 0 Å². The molecule has 0 saturated heterocycles. The lowest BCUT2D eigenvalue weighted by molar-refractivity contribution is 0.0691. The molecule has 2 aromatic rings. The van der Waals surface area contributed by atoms with E-state index in [0.29, 0.717) is 12.4 Å². The fourth-order valence-corrected chi connectivity index (χ4v) is 1.77. The van der Waals surface area contributed by atoms with Gasteiger partial charge in [0.25, 0.3) is 0 Å². The lowest BCUT2D eigenvalue weighted by atomic mass is 10.2. The van der Waals surface area contributed by atoms with Crippen LogP contribution in [0.1, 0.15) is 21.9 Å². The van der Waals surface area contributed by atoms with Crippen molar-refractivity contribution in [2.24, 2.45) is 4.99 Å². The van der Waals surface area contributed by atoms with Gasteiger partial charge in [0.05, 0.1) is 18.4 Å². The largest absolute Gasteiger partial charge is 0.476 e. The van der Waals surface area contributed by atoms with Crippen LogP contribution in [-0.4, -0.2) is 31.8 Å². The Hall–Kier alpha value is -2.50. The van der Waals surface area contributed by atoms with Gasteiger partial charge in [0.15, 0.2) is 5.69 Å². The summed E-state index contributed by atoms with van der Waals surface area (Å²) in [5.74, 6) is -0.439. The molecule has 3 rings (SSSR count). The normalized spacial score (nSPS) is 12.7. The van der Waals surface area contributed by atoms with E-state index < -0.39 is 5.97 Å². The third-order valence-corrected chi connectivity index (χ3v) is 2.55. The number of aliphatic imine (C=N–C) groups is 1. The fourth-order valence-electron chi connectivity index (χ4n) is 1.77. The molecular formula is C11H8N4O2. The number of carboxylic acids is 1. The molecule has 0 saturated carbocycles. The summed E-state index contributed by atoms with van der Waals surface area (Å²) in [6.45, 7) is 0.363. The van der Waals surface area contributed by atoms with E-state index >= 15 is 0 Å². The molecule has 1 aliphatic heterocycles. The molecule has 2 aromatic heterocycles. The Morgan fingerprint density at radius 3 is 3.18 bits per heavy atom. The third kappa shape index (κ3) is 1.50. The van der Waals surface area contributed by atoms with Crippen molar-refractivity contribution in [2.75, 3.05) is 0 Å². The van der Waals surface area contributed by atoms with Gasteiger partial charge in [-0.2, -0.15) is 0 Å². The number of carboxylic acid groups (broad SMARTS) is 1. The Bertz CT molecular complexity index is 630. The second-order valence-electron chi connectivity index (χ2n) is 3.62. The van der Waals surface area contributed by atoms with Crippen LogP contribution < -0.4 is 0 Å². The number of rotatable bonds is 1. The van der Waals surface area contributed by atoms with Crippen molar-refractivity contribution >= 4 is 12.2 Å². The predicted octanol–water partition coefficient (Wildman–Crippen LogP) is 0.898. The zero-order valence-corrected chi connectivity index (χ0v) is 8.74. The van der Waals surface area contributed by atoms with Crippen LogP contribution in [0.4, 0.5) is 0 Å². The number of carbonyl (C=O) groups is 1. The molecule has 6 heteroatoms. The standard InChI is InChI=1S/C11H8N4O2/c16-11(17)8-6-15-9-4-12-2-1-7(9)3-13-5-10(15)14-8/h1-4,6H,5H2,(H,16,17). The molecule has 0 radical (unpaired) electrons. The minimum Gasteiger partial charge on any atom is -0.476 e. The third-order valence-electron chi connectivity index (χ3n) is 2.55. The van der Waals surface area contributed by atoms with Gasteiger partial charge in [-0.05, 0) is 6.07 Å². The zero-order chi connectivity index (χ0) is 11.8. The molecule has 0 bridgehead atoms. The number of aromatic nitrogens is 3. The van der Waals surface area contributed by atoms with Gasteiger partial charge in [-0.3, -0.25) is 14.5 Å². The van der Waals surface area contributed by atoms with Crippen molar-refractivity contribution in [1.29, 1.82) is 0 Å². The van der Waals surface area contributed by atoms with Crippen LogP contribution in [0.25, 0.3) is 5.69 Å². The molecule has 1 aliphatic rings. The van der Waals surface area contributed by atoms with Gasteiger partial charge in [0.2, 0.25) is 0 Å². The molecular weight excluding hydrogens is 220 g/mol. The summed E-state index contributed by atoms with van der Waals surface area (Å²) in [5.41, 5.74) is 1.71. The Balaban J connectivity index is 2.25. The fraction of sp³-hybridized carbons (Fsp3) is 0.0909. The van der Waals surface area contributed by atoms with Crippen LogP contribution in [0.15, 0.2) is 29.6 Å². The lowest BCUT2D eigenvalue weighted by Gasteiger charge is -2.05. The molecule has 0 amide bonds. The smallest absolute Gasteiger partial charge is 0.356 e. The van der Waals surface area contributed by atoms with Gasteiger partial charge >= 0.3 is 5.97 Å². The Labute approximate surface area is 96.3 Å². The van der Waals surface area contributed by atoms with Crippen LogP contribution in [0.5, 0.6) is 0 Å². The molecule has 1 N–H and O–H groups in total. The van der Waals surface area contributed by atoms with Crippen molar-refractivity contribution in [3.8, 4) is 5.69 Å². The van der Waals surface area contributed by atoms with Gasteiger partial charge in [-0.1, -0.05) is 0 Å². The van der Waals surface area contributed by atoms with Crippen molar-refractivity contribution < 1.29 is 9.90 Å². The van der Waals surface area contributed by atoms with E-state index in [4.69, 9.17) is 5.11 Å². The number of fused-ring (bicyclic) bond motifs is 3. The topological polar surface area (TPSA) is 80.4 Å². The highest BCUT2D eigenvalue weighted by molar-refractivity contribution is 5.87. The molecule has 0 atom stereocenters. The Kier molecular flexibility index (Phi) is 2.01. The molecule has 0 aromatic carbocycles. The van der Waals surface area contributed by atoms with Crippen molar-refractivity contribution in [3.05, 3.63) is 41.7 Å². The lowest BCUT2D eigenvalue weighted by Crippen LogP contribution is -2.00. The first kappa shape index (κ1) is 9.71. The minimum atomic E-state index is -1.04. The van der Waals surface area contributed by atoms with Crippen LogP contribution in [0.3, 0.4) is 0 Å². The molecule has 0 unspecified atom stereocenters. The van der Waals surface area contributed by atoms with Gasteiger partial charge in [-0.25, -0.2) is 9.78 Å². The van der Waals surface area contributed by atoms with Crippen molar-refractivity contribution in [3.63, 3.8) is 0 Å². The first-order chi connectivity index (χ1) is 8.25. The zero-order valence-electron chi connectivity index (χ0n) is 8.74. The minimum absolute atomic E-state index is 0.0203. The summed E-state index contributed by atoms with van der Waals surface area (Å²) in [5, 5.41) is 8.92. The summed E-state index contributed by atoms with van der Waals surface area (Å²) < 4.78 is 1.72. The summed E-state index contributed by atoms with van der Waals surface area (Å²) in [6, 6.07) is 1.83. The maximum atomic E-state index is 10.9. The second-order valence-corrected chi connectivity index (χ2v) is 3.62. The SMILES string of the molecule is O=C(O)c1cn2c(n1)CN=Cc1ccncc1-2.